The third-order valence-corrected chi connectivity index (χ3v) is 15.2. The number of hydrogen-bond acceptors (Lipinski definition) is 11. The minimum absolute atomic E-state index is 0.0530. The summed E-state index contributed by atoms with van der Waals surface area (Å²) in [6, 6.07) is 0. The van der Waals surface area contributed by atoms with Gasteiger partial charge < -0.3 is 39.0 Å². The summed E-state index contributed by atoms with van der Waals surface area (Å²) in [6.07, 6.45) is 53.9. The number of ether oxygens (including phenoxy) is 5. The fourth-order valence-corrected chi connectivity index (χ4v) is 10.2. The van der Waals surface area contributed by atoms with E-state index in [9.17, 15) is 34.5 Å². The summed E-state index contributed by atoms with van der Waals surface area (Å²) in [6.45, 7) is 5.93. The molecule has 1 fully saturated rings. The van der Waals surface area contributed by atoms with E-state index in [0.29, 0.717) is 19.3 Å². The topological polar surface area (TPSA) is 175 Å². The highest BCUT2D eigenvalue weighted by molar-refractivity contribution is 5.74. The monoisotopic (exact) mass is 1120 g/mol. The Balaban J connectivity index is 2.62. The Labute approximate surface area is 482 Å². The first-order valence-electron chi connectivity index (χ1n) is 33.0. The summed E-state index contributed by atoms with van der Waals surface area (Å²) in [7, 11) is 0. The Hall–Kier alpha value is -3.06. The van der Waals surface area contributed by atoms with Gasteiger partial charge in [0, 0.05) is 19.3 Å². The highest BCUT2D eigenvalue weighted by Crippen LogP contribution is 2.27. The average molecular weight is 1120 g/mol. The second-order valence-corrected chi connectivity index (χ2v) is 22.7. The number of rotatable bonds is 57. The average Bonchev–Trinajstić information content (AvgIpc) is 3.46. The number of esters is 3. The number of aliphatic hydroxyl groups excluding tert-OH is 2. The van der Waals surface area contributed by atoms with Crippen molar-refractivity contribution >= 4 is 23.9 Å². The fraction of sp³-hybridized carbons (Fsp3) is 0.851. The van der Waals surface area contributed by atoms with Gasteiger partial charge in [-0.3, -0.25) is 14.4 Å². The van der Waals surface area contributed by atoms with Gasteiger partial charge in [-0.2, -0.15) is 0 Å². The minimum Gasteiger partial charge on any atom is -0.479 e. The second kappa shape index (κ2) is 55.5. The molecule has 12 nitrogen and oxygen atoms in total. The highest BCUT2D eigenvalue weighted by Gasteiger charge is 2.50. The molecule has 0 bridgehead atoms. The van der Waals surface area contributed by atoms with Crippen LogP contribution in [-0.4, -0.2) is 89.2 Å². The van der Waals surface area contributed by atoms with Gasteiger partial charge in [0.05, 0.1) is 6.61 Å². The van der Waals surface area contributed by atoms with Crippen LogP contribution >= 0.6 is 0 Å². The first-order chi connectivity index (χ1) is 38.6. The molecule has 1 aliphatic heterocycles. The van der Waals surface area contributed by atoms with Crippen LogP contribution in [0.15, 0.2) is 36.5 Å². The zero-order valence-electron chi connectivity index (χ0n) is 50.9. The van der Waals surface area contributed by atoms with E-state index in [1.807, 2.05) is 0 Å². The van der Waals surface area contributed by atoms with Crippen molar-refractivity contribution in [1.82, 2.24) is 0 Å². The summed E-state index contributed by atoms with van der Waals surface area (Å²) in [5.74, 6) is -3.09. The van der Waals surface area contributed by atoms with Gasteiger partial charge in [0.25, 0.3) is 0 Å². The van der Waals surface area contributed by atoms with Crippen LogP contribution < -0.4 is 0 Å². The Kier molecular flexibility index (Phi) is 51.9. The van der Waals surface area contributed by atoms with Gasteiger partial charge in [0.1, 0.15) is 18.8 Å². The van der Waals surface area contributed by atoms with Crippen LogP contribution in [0.25, 0.3) is 0 Å². The molecule has 0 aromatic heterocycles. The molecular formula is C67H120O12. The lowest BCUT2D eigenvalue weighted by atomic mass is 9.98. The van der Waals surface area contributed by atoms with Gasteiger partial charge in [0.2, 0.25) is 0 Å². The van der Waals surface area contributed by atoms with Crippen LogP contribution in [-0.2, 0) is 42.9 Å². The molecule has 0 saturated carbocycles. The van der Waals surface area contributed by atoms with Gasteiger partial charge in [-0.1, -0.05) is 282 Å². The van der Waals surface area contributed by atoms with Gasteiger partial charge >= 0.3 is 23.9 Å². The van der Waals surface area contributed by atoms with Crippen molar-refractivity contribution in [2.75, 3.05) is 13.2 Å². The minimum atomic E-state index is -1.90. The van der Waals surface area contributed by atoms with Crippen molar-refractivity contribution in [3.05, 3.63) is 36.5 Å². The number of unbranched alkanes of at least 4 members (excludes halogenated alkanes) is 37. The van der Waals surface area contributed by atoms with Crippen LogP contribution in [0.1, 0.15) is 316 Å². The highest BCUT2D eigenvalue weighted by atomic mass is 16.7. The maximum Gasteiger partial charge on any atom is 0.335 e. The summed E-state index contributed by atoms with van der Waals surface area (Å²) >= 11 is 0. The number of carbonyl (C=O) groups is 4. The van der Waals surface area contributed by atoms with Gasteiger partial charge in [-0.05, 0) is 51.4 Å². The van der Waals surface area contributed by atoms with E-state index in [4.69, 9.17) is 23.7 Å². The van der Waals surface area contributed by atoms with E-state index < -0.39 is 67.3 Å². The molecule has 0 radical (unpaired) electrons. The predicted molar refractivity (Wildman–Crippen MR) is 322 cm³/mol. The molecule has 6 atom stereocenters. The second-order valence-electron chi connectivity index (χ2n) is 22.7. The van der Waals surface area contributed by atoms with Crippen molar-refractivity contribution < 1.29 is 58.2 Å². The van der Waals surface area contributed by atoms with Crippen molar-refractivity contribution in [1.29, 1.82) is 0 Å². The summed E-state index contributed by atoms with van der Waals surface area (Å²) in [4.78, 5) is 51.3. The predicted octanol–water partition coefficient (Wildman–Crippen LogP) is 17.6. The van der Waals surface area contributed by atoms with Crippen molar-refractivity contribution in [2.45, 2.75) is 353 Å². The number of carboxylic acid groups (broad SMARTS) is 1. The van der Waals surface area contributed by atoms with E-state index in [1.165, 1.54) is 154 Å². The zero-order chi connectivity index (χ0) is 57.5. The molecule has 1 rings (SSSR count). The molecule has 0 aliphatic carbocycles. The lowest BCUT2D eigenvalue weighted by Crippen LogP contribution is -2.61. The Bertz CT molecular complexity index is 1510. The molecule has 0 aromatic rings. The van der Waals surface area contributed by atoms with E-state index in [2.05, 4.69) is 57.2 Å². The number of allylic oxidation sites excluding steroid dienone is 6. The molecule has 1 heterocycles. The Morgan fingerprint density at radius 1 is 0.430 bits per heavy atom. The fourth-order valence-electron chi connectivity index (χ4n) is 10.2. The van der Waals surface area contributed by atoms with Crippen molar-refractivity contribution in [3.63, 3.8) is 0 Å². The van der Waals surface area contributed by atoms with E-state index in [1.54, 1.807) is 0 Å². The molecule has 460 valence electrons. The first kappa shape index (κ1) is 74.0. The van der Waals surface area contributed by atoms with E-state index >= 15 is 0 Å². The third-order valence-electron chi connectivity index (χ3n) is 15.2. The van der Waals surface area contributed by atoms with Crippen LogP contribution in [0.2, 0.25) is 0 Å². The van der Waals surface area contributed by atoms with Crippen LogP contribution in [0.5, 0.6) is 0 Å². The van der Waals surface area contributed by atoms with E-state index in [0.717, 1.165) is 103 Å². The molecule has 0 spiro atoms. The summed E-state index contributed by atoms with van der Waals surface area (Å²) < 4.78 is 28.5. The molecule has 1 aliphatic rings. The maximum absolute atomic E-state index is 13.2. The standard InChI is InChI=1S/C67H120O12/c1-4-7-10-13-16-19-22-25-27-29-30-32-33-36-38-41-44-47-50-53-59(68)75-56-58(77-60(69)54-51-48-45-42-39-35-24-21-18-15-12-9-6-3)57-76-67-65(63(72)62(71)64(79-67)66(73)74)78-61(70)55-52-49-46-43-40-37-34-31-28-26-23-20-17-14-11-8-5-2/h8,11,17,20,26,28,58,62-65,67,71-72H,4-7,9-10,12-16,18-19,21-25,27,29-57H2,1-3H3,(H,73,74)/b11-8-,20-17-,28-26-. The SMILES string of the molecule is CC/C=C\C/C=C\C/C=C\CCCCCCCCCC(=O)OC1C(OCC(COC(=O)CCCCCCCCCCCCCCCCCCCCC)OC(=O)CCCCCCCCCCCCCCC)OC(C(=O)O)C(O)C1O. The number of hydrogen-bond donors (Lipinski definition) is 3. The molecule has 1 saturated heterocycles. The number of aliphatic hydroxyl groups is 2. The van der Waals surface area contributed by atoms with Gasteiger partial charge in [-0.25, -0.2) is 4.79 Å². The lowest BCUT2D eigenvalue weighted by molar-refractivity contribution is -0.301. The maximum atomic E-state index is 13.2. The van der Waals surface area contributed by atoms with Gasteiger partial charge in [-0.15, -0.1) is 0 Å². The zero-order valence-corrected chi connectivity index (χ0v) is 50.9. The quantitative estimate of drug-likeness (QED) is 0.0228. The molecule has 79 heavy (non-hydrogen) atoms. The number of carbonyl (C=O) groups excluding carboxylic acids is 3. The molecule has 0 amide bonds. The first-order valence-corrected chi connectivity index (χ1v) is 33.0. The molecule has 0 aromatic carbocycles. The lowest BCUT2D eigenvalue weighted by Gasteiger charge is -2.40. The smallest absolute Gasteiger partial charge is 0.335 e. The Morgan fingerprint density at radius 3 is 1.22 bits per heavy atom. The molecule has 6 unspecified atom stereocenters. The van der Waals surface area contributed by atoms with Crippen LogP contribution in [0.3, 0.4) is 0 Å². The van der Waals surface area contributed by atoms with Crippen LogP contribution in [0.4, 0.5) is 0 Å². The van der Waals surface area contributed by atoms with Crippen molar-refractivity contribution in [2.24, 2.45) is 0 Å². The Morgan fingerprint density at radius 2 is 0.797 bits per heavy atom. The van der Waals surface area contributed by atoms with Crippen molar-refractivity contribution in [3.8, 4) is 0 Å². The van der Waals surface area contributed by atoms with E-state index in [-0.39, 0.29) is 25.9 Å². The summed E-state index contributed by atoms with van der Waals surface area (Å²) in [5, 5.41) is 31.6. The van der Waals surface area contributed by atoms with Gasteiger partial charge in [0.15, 0.2) is 24.6 Å². The summed E-state index contributed by atoms with van der Waals surface area (Å²) in [5.41, 5.74) is 0. The number of aliphatic carboxylic acids is 1. The molecule has 12 heteroatoms. The third kappa shape index (κ3) is 45.2. The normalized spacial score (nSPS) is 18.0. The molecule has 3 N–H and O–H groups in total. The largest absolute Gasteiger partial charge is 0.479 e. The molecular weight excluding hydrogens is 997 g/mol. The van der Waals surface area contributed by atoms with Crippen LogP contribution in [0, 0.1) is 0 Å². The number of carboxylic acids is 1.